The average Bonchev–Trinajstić information content (AvgIpc) is 3.04. The Balaban J connectivity index is 1.62. The summed E-state index contributed by atoms with van der Waals surface area (Å²) in [5.41, 5.74) is -0.492. The van der Waals surface area contributed by atoms with E-state index in [1.165, 1.54) is 0 Å². The molecule has 0 heterocycles. The summed E-state index contributed by atoms with van der Waals surface area (Å²) < 4.78 is 0. The van der Waals surface area contributed by atoms with Gasteiger partial charge in [-0.25, -0.2) is 0 Å². The van der Waals surface area contributed by atoms with Crippen LogP contribution in [0.2, 0.25) is 0 Å². The molecule has 0 radical (unpaired) electrons. The Morgan fingerprint density at radius 3 is 2.33 bits per heavy atom. The van der Waals surface area contributed by atoms with Crippen molar-refractivity contribution >= 4 is 5.97 Å². The van der Waals surface area contributed by atoms with Crippen LogP contribution in [0.5, 0.6) is 0 Å². The van der Waals surface area contributed by atoms with Crippen LogP contribution in [0.25, 0.3) is 0 Å². The van der Waals surface area contributed by atoms with E-state index in [0.717, 1.165) is 19.3 Å². The lowest BCUT2D eigenvalue weighted by molar-refractivity contribution is -0.228. The van der Waals surface area contributed by atoms with Gasteiger partial charge in [0.25, 0.3) is 0 Å². The van der Waals surface area contributed by atoms with E-state index >= 15 is 0 Å². The normalized spacial score (nSPS) is 54.0. The van der Waals surface area contributed by atoms with E-state index in [4.69, 9.17) is 5.11 Å². The van der Waals surface area contributed by atoms with Gasteiger partial charge >= 0.3 is 5.97 Å². The second-order valence-corrected chi connectivity index (χ2v) is 11.5. The van der Waals surface area contributed by atoms with Crippen LogP contribution in [-0.4, -0.2) is 55.9 Å². The molecule has 0 amide bonds. The maximum absolute atomic E-state index is 11.5. The third kappa shape index (κ3) is 3.16. The van der Waals surface area contributed by atoms with Crippen LogP contribution < -0.4 is 0 Å². The van der Waals surface area contributed by atoms with Crippen molar-refractivity contribution in [3.63, 3.8) is 0 Å². The van der Waals surface area contributed by atoms with E-state index < -0.39 is 30.4 Å². The number of aliphatic hydroxyl groups excluding tert-OH is 4. The lowest BCUT2D eigenvalue weighted by atomic mass is 9.42. The predicted molar refractivity (Wildman–Crippen MR) is 111 cm³/mol. The minimum Gasteiger partial charge on any atom is -0.481 e. The molecule has 4 fully saturated rings. The maximum Gasteiger partial charge on any atom is 0.303 e. The third-order valence-electron chi connectivity index (χ3n) is 10.4. The zero-order chi connectivity index (χ0) is 22.0. The number of rotatable bonds is 4. The second-order valence-electron chi connectivity index (χ2n) is 11.5. The van der Waals surface area contributed by atoms with Gasteiger partial charge in [-0.3, -0.25) is 4.79 Å². The van der Waals surface area contributed by atoms with Gasteiger partial charge < -0.3 is 25.5 Å². The summed E-state index contributed by atoms with van der Waals surface area (Å²) >= 11 is 0. The molecule has 0 spiro atoms. The molecule has 0 aromatic rings. The lowest BCUT2D eigenvalue weighted by Gasteiger charge is -2.64. The number of carboxylic acid groups (broad SMARTS) is 1. The van der Waals surface area contributed by atoms with Crippen molar-refractivity contribution in [3.05, 3.63) is 0 Å². The molecule has 0 aliphatic heterocycles. The summed E-state index contributed by atoms with van der Waals surface area (Å²) in [6, 6.07) is 0. The number of hydrogen-bond acceptors (Lipinski definition) is 5. The zero-order valence-corrected chi connectivity index (χ0v) is 18.6. The van der Waals surface area contributed by atoms with E-state index in [9.17, 15) is 25.2 Å². The van der Waals surface area contributed by atoms with Crippen LogP contribution >= 0.6 is 0 Å². The molecule has 30 heavy (non-hydrogen) atoms. The molecule has 4 saturated carbocycles. The molecule has 0 unspecified atom stereocenters. The molecular weight excluding hydrogens is 384 g/mol. The number of fused-ring (bicyclic) bond motifs is 5. The Labute approximate surface area is 179 Å². The highest BCUT2D eigenvalue weighted by Gasteiger charge is 2.66. The highest BCUT2D eigenvalue weighted by atomic mass is 16.4. The SMILES string of the molecule is C[C@H](CCC(=O)O)[C@H]1CC[C@H]2[C@@H]3[C@H](O)C[C@@H]4[C@@H](O)[C@@H](O)CC[C@]4(C)[C@H]3C[C@H](O)[C@]12C. The second kappa shape index (κ2) is 7.72. The van der Waals surface area contributed by atoms with Crippen LogP contribution in [0, 0.1) is 46.3 Å². The van der Waals surface area contributed by atoms with Crippen molar-refractivity contribution in [2.24, 2.45) is 46.3 Å². The molecule has 5 N–H and O–H groups in total. The fourth-order valence-corrected chi connectivity index (χ4v) is 8.74. The minimum absolute atomic E-state index is 0.0961. The van der Waals surface area contributed by atoms with E-state index in [0.29, 0.717) is 25.7 Å². The molecule has 6 nitrogen and oxygen atoms in total. The van der Waals surface area contributed by atoms with Crippen LogP contribution in [0.15, 0.2) is 0 Å². The predicted octanol–water partition coefficient (Wildman–Crippen LogP) is 2.42. The quantitative estimate of drug-likeness (QED) is 0.473. The standard InChI is InChI=1S/C24H40O6/c1-12(4-7-20(28)29)13-5-6-14-21-15(11-19(27)24(13,14)3)23(2)9-8-17(25)22(30)16(23)10-18(21)26/h12-19,21-22,25-27,30H,4-11H2,1-3H3,(H,28,29)/t12-,13-,14+,15+,16-,17+,18-,19+,21+,22-,23-,24-/m1/s1. The number of carboxylic acids is 1. The van der Waals surface area contributed by atoms with Crippen LogP contribution in [0.1, 0.15) is 72.1 Å². The molecule has 4 rings (SSSR count). The van der Waals surface area contributed by atoms with E-state index in [-0.39, 0.29) is 52.8 Å². The molecular formula is C24H40O6. The number of aliphatic carboxylic acids is 1. The molecule has 0 bridgehead atoms. The van der Waals surface area contributed by atoms with Gasteiger partial charge in [0.05, 0.1) is 24.4 Å². The Kier molecular flexibility index (Phi) is 5.79. The highest BCUT2D eigenvalue weighted by Crippen LogP contribution is 2.68. The Hall–Kier alpha value is -0.690. The van der Waals surface area contributed by atoms with Gasteiger partial charge in [-0.15, -0.1) is 0 Å². The first kappa shape index (κ1) is 22.5. The summed E-state index contributed by atoms with van der Waals surface area (Å²) in [4.78, 5) is 11.1. The van der Waals surface area contributed by atoms with Crippen LogP contribution in [-0.2, 0) is 4.79 Å². The van der Waals surface area contributed by atoms with Gasteiger partial charge in [-0.2, -0.15) is 0 Å². The van der Waals surface area contributed by atoms with Crippen molar-refractivity contribution in [2.45, 2.75) is 96.6 Å². The van der Waals surface area contributed by atoms with Crippen LogP contribution in [0.3, 0.4) is 0 Å². The van der Waals surface area contributed by atoms with Crippen molar-refractivity contribution in [2.75, 3.05) is 0 Å². The van der Waals surface area contributed by atoms with Gasteiger partial charge in [-0.1, -0.05) is 20.8 Å². The summed E-state index contributed by atoms with van der Waals surface area (Å²) in [6.45, 7) is 6.50. The zero-order valence-electron chi connectivity index (χ0n) is 18.6. The van der Waals surface area contributed by atoms with E-state index in [1.54, 1.807) is 0 Å². The van der Waals surface area contributed by atoms with Crippen LogP contribution in [0.4, 0.5) is 0 Å². The lowest BCUT2D eigenvalue weighted by Crippen LogP contribution is -2.64. The van der Waals surface area contributed by atoms with Crippen molar-refractivity contribution in [3.8, 4) is 0 Å². The monoisotopic (exact) mass is 424 g/mol. The first-order valence-corrected chi connectivity index (χ1v) is 12.0. The Bertz CT molecular complexity index is 668. The molecule has 12 atom stereocenters. The molecule has 172 valence electrons. The van der Waals surface area contributed by atoms with E-state index in [2.05, 4.69) is 20.8 Å². The smallest absolute Gasteiger partial charge is 0.303 e. The highest BCUT2D eigenvalue weighted by molar-refractivity contribution is 5.66. The molecule has 4 aliphatic carbocycles. The van der Waals surface area contributed by atoms with Gasteiger partial charge in [0, 0.05) is 6.42 Å². The van der Waals surface area contributed by atoms with Crippen molar-refractivity contribution < 1.29 is 30.3 Å². The molecule has 0 saturated heterocycles. The molecule has 0 aromatic heterocycles. The largest absolute Gasteiger partial charge is 0.481 e. The minimum atomic E-state index is -0.808. The summed E-state index contributed by atoms with van der Waals surface area (Å²) in [5.74, 6) is 0.00666. The number of carbonyl (C=O) groups is 1. The number of aliphatic hydroxyl groups is 4. The molecule has 6 heteroatoms. The fourth-order valence-electron chi connectivity index (χ4n) is 8.74. The first-order valence-electron chi connectivity index (χ1n) is 12.0. The fraction of sp³-hybridized carbons (Fsp3) is 0.958. The van der Waals surface area contributed by atoms with Gasteiger partial charge in [0.15, 0.2) is 0 Å². The summed E-state index contributed by atoms with van der Waals surface area (Å²) in [6.07, 6.45) is 2.67. The van der Waals surface area contributed by atoms with E-state index in [1.807, 2.05) is 0 Å². The van der Waals surface area contributed by atoms with Gasteiger partial charge in [0.2, 0.25) is 0 Å². The maximum atomic E-state index is 11.5. The molecule has 0 aromatic carbocycles. The average molecular weight is 425 g/mol. The van der Waals surface area contributed by atoms with Gasteiger partial charge in [0.1, 0.15) is 0 Å². The summed E-state index contributed by atoms with van der Waals surface area (Å²) in [5, 5.41) is 52.7. The Morgan fingerprint density at radius 1 is 0.967 bits per heavy atom. The van der Waals surface area contributed by atoms with Crippen molar-refractivity contribution in [1.29, 1.82) is 0 Å². The molecule has 4 aliphatic rings. The number of hydrogen-bond donors (Lipinski definition) is 5. The van der Waals surface area contributed by atoms with Crippen molar-refractivity contribution in [1.82, 2.24) is 0 Å². The summed E-state index contributed by atoms with van der Waals surface area (Å²) in [7, 11) is 0. The third-order valence-corrected chi connectivity index (χ3v) is 10.4. The topological polar surface area (TPSA) is 118 Å². The Morgan fingerprint density at radius 2 is 1.67 bits per heavy atom. The van der Waals surface area contributed by atoms with Gasteiger partial charge in [-0.05, 0) is 91.3 Å². The first-order chi connectivity index (χ1) is 14.0.